The summed E-state index contributed by atoms with van der Waals surface area (Å²) in [6.45, 7) is 0. The van der Waals surface area contributed by atoms with E-state index in [-0.39, 0.29) is 27.2 Å². The van der Waals surface area contributed by atoms with Crippen molar-refractivity contribution >= 4 is 33.1 Å². The van der Waals surface area contributed by atoms with Gasteiger partial charge in [0, 0.05) is 6.07 Å². The first kappa shape index (κ1) is 15.3. The standard InChI is InChI=1S/C11H13ClN4O4S/c1-19-8-4-9(20-2)7(3-6(8)12)16-21(17,18)10-5-14-15-11(10)13/h3-5,16H,1-2H3,(H3,13,14,15). The van der Waals surface area contributed by atoms with Crippen LogP contribution in [0.1, 0.15) is 0 Å². The normalized spacial score (nSPS) is 11.2. The zero-order chi connectivity index (χ0) is 15.6. The van der Waals surface area contributed by atoms with Crippen molar-refractivity contribution in [2.24, 2.45) is 0 Å². The fourth-order valence-electron chi connectivity index (χ4n) is 1.64. The number of hydrogen-bond donors (Lipinski definition) is 3. The molecule has 1 heterocycles. The quantitative estimate of drug-likeness (QED) is 0.762. The minimum atomic E-state index is -3.92. The van der Waals surface area contributed by atoms with Gasteiger partial charge in [-0.1, -0.05) is 11.6 Å². The number of ether oxygens (including phenoxy) is 2. The lowest BCUT2D eigenvalue weighted by Crippen LogP contribution is -2.14. The Morgan fingerprint density at radius 3 is 2.48 bits per heavy atom. The molecule has 4 N–H and O–H groups in total. The fourth-order valence-corrected chi connectivity index (χ4v) is 2.97. The SMILES string of the molecule is COc1cc(OC)c(NS(=O)(=O)c2cn[nH]c2N)cc1Cl. The number of nitrogens with zero attached hydrogens (tertiary/aromatic N) is 1. The number of nitrogens with two attached hydrogens (primary N) is 1. The largest absolute Gasteiger partial charge is 0.495 e. The maximum atomic E-state index is 12.2. The number of sulfonamides is 1. The lowest BCUT2D eigenvalue weighted by Gasteiger charge is -2.13. The average molecular weight is 333 g/mol. The Bertz CT molecular complexity index is 760. The smallest absolute Gasteiger partial charge is 0.267 e. The van der Waals surface area contributed by atoms with E-state index in [4.69, 9.17) is 26.8 Å². The Labute approximate surface area is 126 Å². The molecule has 0 amide bonds. The van der Waals surface area contributed by atoms with Gasteiger partial charge in [-0.3, -0.25) is 9.82 Å². The minimum absolute atomic E-state index is 0.0684. The van der Waals surface area contributed by atoms with Gasteiger partial charge in [0.25, 0.3) is 10.0 Å². The predicted octanol–water partition coefficient (Wildman–Crippen LogP) is 1.46. The van der Waals surface area contributed by atoms with Gasteiger partial charge in [-0.2, -0.15) is 5.10 Å². The molecular weight excluding hydrogens is 320 g/mol. The van der Waals surface area contributed by atoms with Crippen LogP contribution in [0.5, 0.6) is 11.5 Å². The Kier molecular flexibility index (Phi) is 4.14. The number of aromatic amines is 1. The van der Waals surface area contributed by atoms with Crippen molar-refractivity contribution in [1.29, 1.82) is 0 Å². The summed E-state index contributed by atoms with van der Waals surface area (Å²) in [4.78, 5) is -0.170. The van der Waals surface area contributed by atoms with E-state index in [9.17, 15) is 8.42 Å². The van der Waals surface area contributed by atoms with Crippen molar-refractivity contribution in [3.63, 3.8) is 0 Å². The van der Waals surface area contributed by atoms with Gasteiger partial charge in [0.05, 0.1) is 31.1 Å². The molecule has 0 fully saturated rings. The lowest BCUT2D eigenvalue weighted by atomic mass is 10.3. The molecule has 8 nitrogen and oxygen atoms in total. The first-order chi connectivity index (χ1) is 9.89. The third kappa shape index (κ3) is 2.98. The molecule has 0 bridgehead atoms. The number of hydrogen-bond acceptors (Lipinski definition) is 6. The molecule has 2 aromatic rings. The van der Waals surface area contributed by atoms with E-state index in [0.717, 1.165) is 6.20 Å². The zero-order valence-electron chi connectivity index (χ0n) is 11.2. The van der Waals surface area contributed by atoms with Crippen molar-refractivity contribution in [3.8, 4) is 11.5 Å². The minimum Gasteiger partial charge on any atom is -0.495 e. The molecule has 1 aromatic heterocycles. The van der Waals surface area contributed by atoms with Crippen molar-refractivity contribution in [3.05, 3.63) is 23.4 Å². The highest BCUT2D eigenvalue weighted by Crippen LogP contribution is 2.37. The zero-order valence-corrected chi connectivity index (χ0v) is 12.7. The number of methoxy groups -OCH3 is 2. The second kappa shape index (κ2) is 5.70. The van der Waals surface area contributed by atoms with Crippen LogP contribution in [-0.4, -0.2) is 32.8 Å². The molecule has 0 saturated carbocycles. The van der Waals surface area contributed by atoms with Crippen LogP contribution in [0.2, 0.25) is 5.02 Å². The van der Waals surface area contributed by atoms with Gasteiger partial charge in [0.1, 0.15) is 22.2 Å². The van der Waals surface area contributed by atoms with Crippen LogP contribution in [0.15, 0.2) is 23.2 Å². The van der Waals surface area contributed by atoms with Crippen molar-refractivity contribution in [2.75, 3.05) is 24.7 Å². The Hall–Kier alpha value is -2.13. The summed E-state index contributed by atoms with van der Waals surface area (Å²) in [6.07, 6.45) is 1.11. The van der Waals surface area contributed by atoms with Gasteiger partial charge in [0.15, 0.2) is 0 Å². The van der Waals surface area contributed by atoms with E-state index in [1.54, 1.807) is 0 Å². The van der Waals surface area contributed by atoms with E-state index >= 15 is 0 Å². The van der Waals surface area contributed by atoms with E-state index in [1.807, 2.05) is 0 Å². The van der Waals surface area contributed by atoms with Gasteiger partial charge in [-0.25, -0.2) is 8.42 Å². The van der Waals surface area contributed by atoms with Crippen LogP contribution in [0.4, 0.5) is 11.5 Å². The van der Waals surface area contributed by atoms with Gasteiger partial charge >= 0.3 is 0 Å². The molecule has 0 aliphatic heterocycles. The number of anilines is 2. The summed E-state index contributed by atoms with van der Waals surface area (Å²) in [6, 6.07) is 2.85. The van der Waals surface area contributed by atoms with E-state index in [0.29, 0.717) is 5.75 Å². The van der Waals surface area contributed by atoms with Crippen LogP contribution in [0, 0.1) is 0 Å². The summed E-state index contributed by atoms with van der Waals surface area (Å²) in [5, 5.41) is 6.15. The van der Waals surface area contributed by atoms with Crippen LogP contribution < -0.4 is 19.9 Å². The molecule has 2 rings (SSSR count). The highest BCUT2D eigenvalue weighted by molar-refractivity contribution is 7.92. The van der Waals surface area contributed by atoms with Crippen LogP contribution in [0.25, 0.3) is 0 Å². The third-order valence-corrected chi connectivity index (χ3v) is 4.33. The number of H-pyrrole nitrogens is 1. The second-order valence-electron chi connectivity index (χ2n) is 3.94. The molecule has 0 aliphatic rings. The molecule has 1 aromatic carbocycles. The Balaban J connectivity index is 2.44. The first-order valence-corrected chi connectivity index (χ1v) is 7.48. The van der Waals surface area contributed by atoms with Gasteiger partial charge in [0.2, 0.25) is 0 Å². The molecule has 0 atom stereocenters. The monoisotopic (exact) mass is 332 g/mol. The molecule has 10 heteroatoms. The maximum Gasteiger partial charge on any atom is 0.267 e. The number of nitrogen functional groups attached to an aromatic ring is 1. The van der Waals surface area contributed by atoms with Gasteiger partial charge in [-0.15, -0.1) is 0 Å². The second-order valence-corrected chi connectivity index (χ2v) is 6.00. The molecule has 114 valence electrons. The van der Waals surface area contributed by atoms with E-state index in [2.05, 4.69) is 14.9 Å². The number of nitrogens with one attached hydrogen (secondary N) is 2. The van der Waals surface area contributed by atoms with Gasteiger partial charge in [-0.05, 0) is 6.07 Å². The summed E-state index contributed by atoms with van der Waals surface area (Å²) in [5.74, 6) is 0.544. The molecule has 21 heavy (non-hydrogen) atoms. The summed E-state index contributed by atoms with van der Waals surface area (Å²) in [5.41, 5.74) is 5.67. The first-order valence-electron chi connectivity index (χ1n) is 5.62. The van der Waals surface area contributed by atoms with Crippen LogP contribution >= 0.6 is 11.6 Å². The lowest BCUT2D eigenvalue weighted by molar-refractivity contribution is 0.396. The van der Waals surface area contributed by atoms with Crippen LogP contribution in [0.3, 0.4) is 0 Å². The number of benzene rings is 1. The summed E-state index contributed by atoms with van der Waals surface area (Å²) in [7, 11) is -1.08. The predicted molar refractivity (Wildman–Crippen MR) is 78.4 cm³/mol. The van der Waals surface area contributed by atoms with Crippen molar-refractivity contribution in [2.45, 2.75) is 4.90 Å². The highest BCUT2D eigenvalue weighted by atomic mass is 35.5. The highest BCUT2D eigenvalue weighted by Gasteiger charge is 2.22. The number of rotatable bonds is 5. The number of aromatic nitrogens is 2. The summed E-state index contributed by atoms with van der Waals surface area (Å²) < 4.78 is 37.0. The van der Waals surface area contributed by atoms with Crippen molar-refractivity contribution < 1.29 is 17.9 Å². The molecule has 0 saturated heterocycles. The third-order valence-electron chi connectivity index (χ3n) is 2.64. The van der Waals surface area contributed by atoms with Gasteiger partial charge < -0.3 is 15.2 Å². The van der Waals surface area contributed by atoms with E-state index in [1.165, 1.54) is 26.4 Å². The van der Waals surface area contributed by atoms with Crippen molar-refractivity contribution in [1.82, 2.24) is 10.2 Å². The maximum absolute atomic E-state index is 12.2. The summed E-state index contributed by atoms with van der Waals surface area (Å²) >= 11 is 5.98. The topological polar surface area (TPSA) is 119 Å². The average Bonchev–Trinajstić information content (AvgIpc) is 2.86. The van der Waals surface area contributed by atoms with Crippen LogP contribution in [-0.2, 0) is 10.0 Å². The molecular formula is C11H13ClN4O4S. The molecule has 0 aliphatic carbocycles. The molecule has 0 spiro atoms. The Morgan fingerprint density at radius 1 is 1.29 bits per heavy atom. The Morgan fingerprint density at radius 2 is 1.95 bits per heavy atom. The number of halogens is 1. The fraction of sp³-hybridized carbons (Fsp3) is 0.182. The van der Waals surface area contributed by atoms with E-state index < -0.39 is 10.0 Å². The molecule has 0 radical (unpaired) electrons. The molecule has 0 unspecified atom stereocenters.